The van der Waals surface area contributed by atoms with Crippen molar-refractivity contribution in [1.29, 1.82) is 0 Å². The Labute approximate surface area is 148 Å². The van der Waals surface area contributed by atoms with E-state index in [4.69, 9.17) is 4.52 Å². The maximum Gasteiger partial charge on any atom is 0.232 e. The number of carbonyl (C=O) groups excluding carboxylic acids is 1. The van der Waals surface area contributed by atoms with Gasteiger partial charge in [0.1, 0.15) is 0 Å². The Hall–Kier alpha value is -2.17. The molecule has 4 rings (SSSR count). The summed E-state index contributed by atoms with van der Waals surface area (Å²) in [6, 6.07) is 10.5. The predicted octanol–water partition coefficient (Wildman–Crippen LogP) is 3.70. The molecule has 0 spiro atoms. The van der Waals surface area contributed by atoms with Crippen molar-refractivity contribution in [2.45, 2.75) is 63.3 Å². The smallest absolute Gasteiger partial charge is 0.232 e. The number of likely N-dealkylation sites (tertiary alicyclic amines) is 1. The van der Waals surface area contributed by atoms with Crippen molar-refractivity contribution in [2.24, 2.45) is 0 Å². The van der Waals surface area contributed by atoms with Gasteiger partial charge in [-0.25, -0.2) is 0 Å². The molecule has 1 amide bonds. The molecule has 1 atom stereocenters. The fraction of sp³-hybridized carbons (Fsp3) is 0.550. The molecule has 1 saturated heterocycles. The minimum absolute atomic E-state index is 0.0489. The average molecular weight is 339 g/mol. The summed E-state index contributed by atoms with van der Waals surface area (Å²) in [5.41, 5.74) is 1.16. The van der Waals surface area contributed by atoms with E-state index in [1.54, 1.807) is 0 Å². The fourth-order valence-electron chi connectivity index (χ4n) is 4.10. The summed E-state index contributed by atoms with van der Waals surface area (Å²) < 4.78 is 5.49. The third kappa shape index (κ3) is 3.75. The second-order valence-corrected chi connectivity index (χ2v) is 7.30. The minimum Gasteiger partial charge on any atom is -0.339 e. The molecular weight excluding hydrogens is 314 g/mol. The second-order valence-electron chi connectivity index (χ2n) is 7.30. The van der Waals surface area contributed by atoms with E-state index >= 15 is 0 Å². The summed E-state index contributed by atoms with van der Waals surface area (Å²) in [5, 5.41) is 4.12. The third-order valence-electron chi connectivity index (χ3n) is 5.46. The molecule has 5 nitrogen and oxygen atoms in total. The monoisotopic (exact) mass is 339 g/mol. The maximum atomic E-state index is 12.5. The van der Waals surface area contributed by atoms with E-state index in [-0.39, 0.29) is 11.8 Å². The van der Waals surface area contributed by atoms with Gasteiger partial charge in [0.05, 0.1) is 5.92 Å². The van der Waals surface area contributed by atoms with Crippen molar-refractivity contribution in [3.8, 4) is 0 Å². The summed E-state index contributed by atoms with van der Waals surface area (Å²) in [7, 11) is 0. The van der Waals surface area contributed by atoms with Gasteiger partial charge in [-0.15, -0.1) is 0 Å². The summed E-state index contributed by atoms with van der Waals surface area (Å²) in [6.45, 7) is 0.733. The molecule has 1 aliphatic carbocycles. The normalized spacial score (nSPS) is 22.3. The van der Waals surface area contributed by atoms with Crippen LogP contribution in [0.4, 0.5) is 0 Å². The van der Waals surface area contributed by atoms with Crippen LogP contribution in [0.2, 0.25) is 0 Å². The first-order valence-corrected chi connectivity index (χ1v) is 9.45. The highest BCUT2D eigenvalue weighted by Gasteiger charge is 2.37. The summed E-state index contributed by atoms with van der Waals surface area (Å²) in [6.07, 6.45) is 8.52. The van der Waals surface area contributed by atoms with E-state index in [0.717, 1.165) is 24.9 Å². The summed E-state index contributed by atoms with van der Waals surface area (Å²) in [5.74, 6) is 1.62. The Morgan fingerprint density at radius 1 is 1.08 bits per heavy atom. The molecule has 2 aliphatic rings. The van der Waals surface area contributed by atoms with Gasteiger partial charge >= 0.3 is 0 Å². The molecule has 2 fully saturated rings. The topological polar surface area (TPSA) is 59.2 Å². The van der Waals surface area contributed by atoms with Gasteiger partial charge in [-0.2, -0.15) is 4.98 Å². The van der Waals surface area contributed by atoms with Gasteiger partial charge in [0.15, 0.2) is 5.82 Å². The average Bonchev–Trinajstić information content (AvgIpc) is 3.14. The van der Waals surface area contributed by atoms with E-state index in [9.17, 15) is 4.79 Å². The third-order valence-corrected chi connectivity index (χ3v) is 5.46. The Morgan fingerprint density at radius 2 is 1.84 bits per heavy atom. The number of amides is 1. The van der Waals surface area contributed by atoms with Crippen molar-refractivity contribution in [2.75, 3.05) is 6.54 Å². The van der Waals surface area contributed by atoms with E-state index in [1.165, 1.54) is 25.7 Å². The lowest BCUT2D eigenvalue weighted by Gasteiger charge is -2.26. The van der Waals surface area contributed by atoms with Gasteiger partial charge in [0.2, 0.25) is 11.8 Å². The van der Waals surface area contributed by atoms with Gasteiger partial charge < -0.3 is 9.42 Å². The molecule has 25 heavy (non-hydrogen) atoms. The largest absolute Gasteiger partial charge is 0.339 e. The zero-order valence-corrected chi connectivity index (χ0v) is 14.6. The van der Waals surface area contributed by atoms with Crippen LogP contribution in [-0.2, 0) is 11.2 Å². The van der Waals surface area contributed by atoms with Crippen LogP contribution in [0.3, 0.4) is 0 Å². The zero-order chi connectivity index (χ0) is 17.1. The highest BCUT2D eigenvalue weighted by Crippen LogP contribution is 2.32. The fourth-order valence-corrected chi connectivity index (χ4v) is 4.10. The van der Waals surface area contributed by atoms with E-state index in [2.05, 4.69) is 27.2 Å². The highest BCUT2D eigenvalue weighted by molar-refractivity contribution is 5.79. The molecule has 1 saturated carbocycles. The van der Waals surface area contributed by atoms with Crippen LogP contribution in [0.15, 0.2) is 34.9 Å². The number of benzene rings is 1. The standard InChI is InChI=1S/C20H25N3O2/c24-19-13-16(14-23(19)17-10-6-1-2-7-11-17)20-21-18(22-25-20)12-15-8-4-3-5-9-15/h3-5,8-9,16-17H,1-2,6-7,10-14H2/t16-/m1/s1. The van der Waals surface area contributed by atoms with Crippen LogP contribution in [0.1, 0.15) is 68.1 Å². The molecule has 1 aliphatic heterocycles. The molecule has 2 aromatic rings. The highest BCUT2D eigenvalue weighted by atomic mass is 16.5. The molecule has 132 valence electrons. The molecule has 0 radical (unpaired) electrons. The van der Waals surface area contributed by atoms with Gasteiger partial charge in [0, 0.05) is 25.4 Å². The van der Waals surface area contributed by atoms with E-state index in [1.807, 2.05) is 18.2 Å². The van der Waals surface area contributed by atoms with E-state index < -0.39 is 0 Å². The second kappa shape index (κ2) is 7.38. The Kier molecular flexibility index (Phi) is 4.81. The van der Waals surface area contributed by atoms with Gasteiger partial charge in [-0.3, -0.25) is 4.79 Å². The Bertz CT molecular complexity index is 705. The molecule has 0 N–H and O–H groups in total. The molecule has 1 aromatic carbocycles. The Morgan fingerprint density at radius 3 is 2.60 bits per heavy atom. The molecular formula is C20H25N3O2. The minimum atomic E-state index is 0.0489. The maximum absolute atomic E-state index is 12.5. The first-order valence-electron chi connectivity index (χ1n) is 9.45. The SMILES string of the molecule is O=C1C[C@@H](c2nc(Cc3ccccc3)no2)CN1C1CCCCCC1. The Balaban J connectivity index is 1.42. The van der Waals surface area contributed by atoms with Crippen molar-refractivity contribution in [1.82, 2.24) is 15.0 Å². The lowest BCUT2D eigenvalue weighted by molar-refractivity contribution is -0.129. The number of nitrogens with zero attached hydrogens (tertiary/aromatic N) is 3. The van der Waals surface area contributed by atoms with Crippen molar-refractivity contribution in [3.63, 3.8) is 0 Å². The number of hydrogen-bond acceptors (Lipinski definition) is 4. The van der Waals surface area contributed by atoms with Crippen molar-refractivity contribution in [3.05, 3.63) is 47.6 Å². The van der Waals surface area contributed by atoms with Crippen LogP contribution < -0.4 is 0 Å². The quantitative estimate of drug-likeness (QED) is 0.797. The lowest BCUT2D eigenvalue weighted by atomic mass is 10.1. The summed E-state index contributed by atoms with van der Waals surface area (Å²) in [4.78, 5) is 19.1. The first kappa shape index (κ1) is 16.3. The van der Waals surface area contributed by atoms with E-state index in [0.29, 0.717) is 30.6 Å². The number of carbonyl (C=O) groups is 1. The summed E-state index contributed by atoms with van der Waals surface area (Å²) >= 11 is 0. The van der Waals surface area contributed by atoms with Crippen LogP contribution in [0.25, 0.3) is 0 Å². The van der Waals surface area contributed by atoms with Crippen molar-refractivity contribution >= 4 is 5.91 Å². The number of aromatic nitrogens is 2. The molecule has 0 unspecified atom stereocenters. The molecule has 1 aromatic heterocycles. The van der Waals surface area contributed by atoms with Gasteiger partial charge in [0.25, 0.3) is 0 Å². The number of rotatable bonds is 4. The van der Waals surface area contributed by atoms with Crippen LogP contribution in [0, 0.1) is 0 Å². The first-order chi connectivity index (χ1) is 12.3. The van der Waals surface area contributed by atoms with Gasteiger partial charge in [-0.05, 0) is 18.4 Å². The molecule has 2 heterocycles. The van der Waals surface area contributed by atoms with Crippen LogP contribution in [-0.4, -0.2) is 33.5 Å². The molecule has 5 heteroatoms. The van der Waals surface area contributed by atoms with Crippen LogP contribution >= 0.6 is 0 Å². The van der Waals surface area contributed by atoms with Crippen molar-refractivity contribution < 1.29 is 9.32 Å². The number of hydrogen-bond donors (Lipinski definition) is 0. The predicted molar refractivity (Wildman–Crippen MR) is 94.1 cm³/mol. The van der Waals surface area contributed by atoms with Gasteiger partial charge in [-0.1, -0.05) is 61.2 Å². The zero-order valence-electron chi connectivity index (χ0n) is 14.6. The van der Waals surface area contributed by atoms with Crippen LogP contribution in [0.5, 0.6) is 0 Å². The lowest BCUT2D eigenvalue weighted by Crippen LogP contribution is -2.36. The molecule has 0 bridgehead atoms.